The van der Waals surface area contributed by atoms with Crippen LogP contribution < -0.4 is 0 Å². The van der Waals surface area contributed by atoms with Crippen LogP contribution in [0.1, 0.15) is 19.3 Å². The maximum Gasteiger partial charge on any atom is 0.246 e. The van der Waals surface area contributed by atoms with Gasteiger partial charge in [0.05, 0.1) is 35.8 Å². The van der Waals surface area contributed by atoms with E-state index in [1.54, 1.807) is 11.0 Å². The van der Waals surface area contributed by atoms with E-state index in [2.05, 4.69) is 0 Å². The fourth-order valence-electron chi connectivity index (χ4n) is 3.34. The molecule has 28 heavy (non-hydrogen) atoms. The highest BCUT2D eigenvalue weighted by molar-refractivity contribution is 7.89. The van der Waals surface area contributed by atoms with Crippen molar-refractivity contribution < 1.29 is 22.7 Å². The lowest BCUT2D eigenvalue weighted by molar-refractivity contribution is -0.133. The lowest BCUT2D eigenvalue weighted by atomic mass is 10.2. The Morgan fingerprint density at radius 1 is 1.18 bits per heavy atom. The number of hydrogen-bond acceptors (Lipinski definition) is 5. The SMILES string of the molecule is O=C(CCOCC1CCCO1)N1CCN(S(=O)(=O)c2c(Cl)cccc2Cl)CC1. The first-order valence-electron chi connectivity index (χ1n) is 9.31. The summed E-state index contributed by atoms with van der Waals surface area (Å²) in [4.78, 5) is 13.9. The molecule has 1 amide bonds. The van der Waals surface area contributed by atoms with E-state index in [1.165, 1.54) is 16.4 Å². The number of benzene rings is 1. The van der Waals surface area contributed by atoms with Crippen LogP contribution in [0.4, 0.5) is 0 Å². The summed E-state index contributed by atoms with van der Waals surface area (Å²) in [7, 11) is -3.81. The number of rotatable bonds is 7. The van der Waals surface area contributed by atoms with Crippen molar-refractivity contribution in [3.63, 3.8) is 0 Å². The number of nitrogens with zero attached hydrogens (tertiary/aromatic N) is 2. The van der Waals surface area contributed by atoms with Gasteiger partial charge in [-0.2, -0.15) is 4.31 Å². The van der Waals surface area contributed by atoms with Gasteiger partial charge in [0.25, 0.3) is 0 Å². The third kappa shape index (κ3) is 5.17. The van der Waals surface area contributed by atoms with Crippen molar-refractivity contribution in [2.24, 2.45) is 0 Å². The van der Waals surface area contributed by atoms with Crippen LogP contribution in [0.25, 0.3) is 0 Å². The van der Waals surface area contributed by atoms with Gasteiger partial charge in [-0.3, -0.25) is 4.79 Å². The fraction of sp³-hybridized carbons (Fsp3) is 0.611. The molecule has 0 N–H and O–H groups in total. The molecule has 2 saturated heterocycles. The Bertz CT molecular complexity index is 771. The Morgan fingerprint density at radius 2 is 1.86 bits per heavy atom. The predicted octanol–water partition coefficient (Wildman–Crippen LogP) is 2.41. The van der Waals surface area contributed by atoms with Gasteiger partial charge in [0.2, 0.25) is 15.9 Å². The molecule has 2 aliphatic heterocycles. The lowest BCUT2D eigenvalue weighted by Crippen LogP contribution is -2.50. The van der Waals surface area contributed by atoms with Gasteiger partial charge < -0.3 is 14.4 Å². The van der Waals surface area contributed by atoms with Gasteiger partial charge in [0.1, 0.15) is 4.90 Å². The quantitative estimate of drug-likeness (QED) is 0.596. The number of carbonyl (C=O) groups excluding carboxylic acids is 1. The van der Waals surface area contributed by atoms with Crippen molar-refractivity contribution in [2.75, 3.05) is 46.0 Å². The molecule has 0 aliphatic carbocycles. The molecule has 0 radical (unpaired) electrons. The molecule has 2 fully saturated rings. The molecule has 1 unspecified atom stereocenters. The Labute approximate surface area is 175 Å². The number of amides is 1. The van der Waals surface area contributed by atoms with Crippen LogP contribution >= 0.6 is 23.2 Å². The molecule has 1 atom stereocenters. The predicted molar refractivity (Wildman–Crippen MR) is 106 cm³/mol. The second-order valence-corrected chi connectivity index (χ2v) is 9.48. The zero-order valence-corrected chi connectivity index (χ0v) is 17.8. The molecule has 2 aliphatic rings. The van der Waals surface area contributed by atoms with Crippen molar-refractivity contribution in [3.8, 4) is 0 Å². The summed E-state index contributed by atoms with van der Waals surface area (Å²) in [6.07, 6.45) is 2.47. The number of halogens is 2. The third-order valence-electron chi connectivity index (χ3n) is 4.90. The Balaban J connectivity index is 1.47. The van der Waals surface area contributed by atoms with Crippen molar-refractivity contribution in [3.05, 3.63) is 28.2 Å². The van der Waals surface area contributed by atoms with Gasteiger partial charge in [-0.15, -0.1) is 0 Å². The molecular formula is C18H24Cl2N2O5S. The molecule has 156 valence electrons. The number of ether oxygens (including phenoxy) is 2. The second-order valence-electron chi connectivity index (χ2n) is 6.80. The molecule has 0 aromatic heterocycles. The zero-order valence-electron chi connectivity index (χ0n) is 15.5. The number of carbonyl (C=O) groups is 1. The lowest BCUT2D eigenvalue weighted by Gasteiger charge is -2.34. The molecule has 2 heterocycles. The highest BCUT2D eigenvalue weighted by Gasteiger charge is 2.32. The summed E-state index contributed by atoms with van der Waals surface area (Å²) in [6, 6.07) is 4.59. The van der Waals surface area contributed by atoms with E-state index in [4.69, 9.17) is 32.7 Å². The minimum absolute atomic E-state index is 0.0415. The van der Waals surface area contributed by atoms with Crippen LogP contribution in [0.5, 0.6) is 0 Å². The molecule has 10 heteroatoms. The monoisotopic (exact) mass is 450 g/mol. The van der Waals surface area contributed by atoms with E-state index in [-0.39, 0.29) is 46.5 Å². The van der Waals surface area contributed by atoms with E-state index < -0.39 is 10.0 Å². The van der Waals surface area contributed by atoms with E-state index >= 15 is 0 Å². The second kappa shape index (κ2) is 9.73. The number of piperazine rings is 1. The Morgan fingerprint density at radius 3 is 2.46 bits per heavy atom. The van der Waals surface area contributed by atoms with E-state index in [0.717, 1.165) is 19.4 Å². The van der Waals surface area contributed by atoms with Crippen molar-refractivity contribution in [1.82, 2.24) is 9.21 Å². The minimum atomic E-state index is -3.81. The fourth-order valence-corrected chi connectivity index (χ4v) is 5.86. The van der Waals surface area contributed by atoms with Crippen molar-refractivity contribution in [2.45, 2.75) is 30.3 Å². The highest BCUT2D eigenvalue weighted by atomic mass is 35.5. The van der Waals surface area contributed by atoms with Gasteiger partial charge in [0, 0.05) is 32.8 Å². The molecule has 7 nitrogen and oxygen atoms in total. The van der Waals surface area contributed by atoms with Gasteiger partial charge in [-0.1, -0.05) is 29.3 Å². The summed E-state index contributed by atoms with van der Waals surface area (Å²) in [6.45, 7) is 2.68. The number of hydrogen-bond donors (Lipinski definition) is 0. The molecule has 0 saturated carbocycles. The first kappa shape index (κ1) is 21.8. The standard InChI is InChI=1S/C18H24Cl2N2O5S/c19-15-4-1-5-16(20)18(15)28(24,25)22-9-7-21(8-10-22)17(23)6-12-26-13-14-3-2-11-27-14/h1,4-5,14H,2-3,6-13H2. The first-order valence-corrected chi connectivity index (χ1v) is 11.5. The van der Waals surface area contributed by atoms with Crippen LogP contribution in [0, 0.1) is 0 Å². The summed E-state index contributed by atoms with van der Waals surface area (Å²) >= 11 is 12.1. The average molecular weight is 451 g/mol. The summed E-state index contributed by atoms with van der Waals surface area (Å²) in [5, 5.41) is 0.184. The molecule has 1 aromatic carbocycles. The summed E-state index contributed by atoms with van der Waals surface area (Å²) in [5.41, 5.74) is 0. The van der Waals surface area contributed by atoms with Gasteiger partial charge in [-0.05, 0) is 25.0 Å². The normalized spacial score (nSPS) is 21.2. The minimum Gasteiger partial charge on any atom is -0.378 e. The molecule has 0 bridgehead atoms. The van der Waals surface area contributed by atoms with Gasteiger partial charge in [0.15, 0.2) is 0 Å². The highest BCUT2D eigenvalue weighted by Crippen LogP contribution is 2.31. The topological polar surface area (TPSA) is 76.2 Å². The molecular weight excluding hydrogens is 427 g/mol. The van der Waals surface area contributed by atoms with Gasteiger partial charge >= 0.3 is 0 Å². The van der Waals surface area contributed by atoms with Crippen LogP contribution in [-0.2, 0) is 24.3 Å². The van der Waals surface area contributed by atoms with Gasteiger partial charge in [-0.25, -0.2) is 8.42 Å². The molecule has 3 rings (SSSR count). The average Bonchev–Trinajstić information content (AvgIpc) is 3.18. The van der Waals surface area contributed by atoms with Crippen LogP contribution in [-0.4, -0.2) is 75.6 Å². The maximum absolute atomic E-state index is 12.9. The van der Waals surface area contributed by atoms with Crippen molar-refractivity contribution in [1.29, 1.82) is 0 Å². The summed E-state index contributed by atoms with van der Waals surface area (Å²) < 4.78 is 38.0. The zero-order chi connectivity index (χ0) is 20.1. The van der Waals surface area contributed by atoms with E-state index in [0.29, 0.717) is 26.3 Å². The Hall–Kier alpha value is -0.900. The number of sulfonamides is 1. The van der Waals surface area contributed by atoms with Crippen LogP contribution in [0.15, 0.2) is 23.1 Å². The smallest absolute Gasteiger partial charge is 0.246 e. The Kier molecular flexibility index (Phi) is 7.58. The largest absolute Gasteiger partial charge is 0.378 e. The summed E-state index contributed by atoms with van der Waals surface area (Å²) in [5.74, 6) is -0.0415. The van der Waals surface area contributed by atoms with Crippen LogP contribution in [0.3, 0.4) is 0 Å². The molecule has 0 spiro atoms. The van der Waals surface area contributed by atoms with E-state index in [9.17, 15) is 13.2 Å². The van der Waals surface area contributed by atoms with Crippen LogP contribution in [0.2, 0.25) is 10.0 Å². The first-order chi connectivity index (χ1) is 13.4. The maximum atomic E-state index is 12.9. The van der Waals surface area contributed by atoms with E-state index in [1.807, 2.05) is 0 Å². The molecule has 1 aromatic rings. The third-order valence-corrected chi connectivity index (χ3v) is 7.75. The van der Waals surface area contributed by atoms with Crippen molar-refractivity contribution >= 4 is 39.1 Å².